The van der Waals surface area contributed by atoms with Gasteiger partial charge in [0, 0.05) is 12.3 Å². The summed E-state index contributed by atoms with van der Waals surface area (Å²) in [6, 6.07) is 11.7. The molecule has 3 saturated carbocycles. The molecule has 0 aromatic heterocycles. The van der Waals surface area contributed by atoms with Crippen LogP contribution in [0.5, 0.6) is 0 Å². The quantitative estimate of drug-likeness (QED) is 0.410. The summed E-state index contributed by atoms with van der Waals surface area (Å²) in [6.07, 6.45) is 18.9. The first kappa shape index (κ1) is 20.7. The van der Waals surface area contributed by atoms with E-state index in [1.165, 1.54) is 98.4 Å². The molecule has 0 aliphatic heterocycles. The van der Waals surface area contributed by atoms with Gasteiger partial charge in [-0.05, 0) is 95.7 Å². The zero-order valence-corrected chi connectivity index (χ0v) is 19.6. The molecule has 32 heavy (non-hydrogen) atoms. The molecule has 1 atom stereocenters. The predicted molar refractivity (Wildman–Crippen MR) is 133 cm³/mol. The first-order valence-electron chi connectivity index (χ1n) is 13.6. The maximum absolute atomic E-state index is 13.4. The van der Waals surface area contributed by atoms with E-state index in [2.05, 4.69) is 30.3 Å². The molecule has 1 heteroatoms. The zero-order valence-electron chi connectivity index (χ0n) is 19.6. The fraction of sp³-hybridized carbons (Fsp3) is 0.581. The van der Waals surface area contributed by atoms with Gasteiger partial charge in [0.2, 0.25) is 0 Å². The topological polar surface area (TPSA) is 17.1 Å². The van der Waals surface area contributed by atoms with Crippen LogP contribution < -0.4 is 0 Å². The van der Waals surface area contributed by atoms with E-state index in [-0.39, 0.29) is 5.92 Å². The van der Waals surface area contributed by atoms with Crippen LogP contribution in [-0.2, 0) is 11.2 Å². The molecule has 3 fully saturated rings. The Hall–Kier alpha value is -1.89. The molecule has 0 heterocycles. The lowest BCUT2D eigenvalue weighted by atomic mass is 9.68. The second-order valence-corrected chi connectivity index (χ2v) is 11.1. The van der Waals surface area contributed by atoms with Crippen molar-refractivity contribution in [2.45, 2.75) is 114 Å². The average Bonchev–Trinajstić information content (AvgIpc) is 3.23. The van der Waals surface area contributed by atoms with Gasteiger partial charge in [-0.25, -0.2) is 0 Å². The first-order valence-corrected chi connectivity index (χ1v) is 13.6. The number of rotatable bonds is 3. The summed E-state index contributed by atoms with van der Waals surface area (Å²) in [5.41, 5.74) is 10.8. The van der Waals surface area contributed by atoms with E-state index in [1.807, 2.05) is 0 Å². The lowest BCUT2D eigenvalue weighted by Crippen LogP contribution is -2.24. The highest BCUT2D eigenvalue weighted by Crippen LogP contribution is 2.52. The summed E-state index contributed by atoms with van der Waals surface area (Å²) in [5, 5.41) is 0. The Morgan fingerprint density at radius 2 is 1.34 bits per heavy atom. The third-order valence-electron chi connectivity index (χ3n) is 9.19. The van der Waals surface area contributed by atoms with Crippen molar-refractivity contribution in [3.63, 3.8) is 0 Å². The van der Waals surface area contributed by atoms with Gasteiger partial charge in [-0.1, -0.05) is 75.3 Å². The lowest BCUT2D eigenvalue weighted by molar-refractivity contribution is -0.121. The Labute approximate surface area is 194 Å². The minimum Gasteiger partial charge on any atom is -0.299 e. The third-order valence-corrected chi connectivity index (χ3v) is 9.19. The van der Waals surface area contributed by atoms with Gasteiger partial charge in [0.25, 0.3) is 0 Å². The van der Waals surface area contributed by atoms with Crippen molar-refractivity contribution in [3.05, 3.63) is 58.1 Å². The highest BCUT2D eigenvalue weighted by molar-refractivity contribution is 5.90. The maximum Gasteiger partial charge on any atom is 0.140 e. The minimum atomic E-state index is 0.160. The Kier molecular flexibility index (Phi) is 5.70. The highest BCUT2D eigenvalue weighted by atomic mass is 16.1. The van der Waals surface area contributed by atoms with E-state index >= 15 is 0 Å². The molecule has 1 nitrogen and oxygen atoms in total. The molecule has 0 spiro atoms. The molecule has 2 aromatic carbocycles. The van der Waals surface area contributed by atoms with Crippen molar-refractivity contribution in [1.29, 1.82) is 0 Å². The molecule has 0 bridgehead atoms. The minimum absolute atomic E-state index is 0.160. The average molecular weight is 427 g/mol. The number of benzene rings is 2. The summed E-state index contributed by atoms with van der Waals surface area (Å²) in [5.74, 6) is 2.08. The molecule has 0 radical (unpaired) electrons. The highest BCUT2D eigenvalue weighted by Gasteiger charge is 2.37. The first-order chi connectivity index (χ1) is 15.8. The van der Waals surface area contributed by atoms with Crippen LogP contribution in [0.4, 0.5) is 0 Å². The largest absolute Gasteiger partial charge is 0.299 e. The van der Waals surface area contributed by atoms with Gasteiger partial charge in [0.05, 0.1) is 0 Å². The third kappa shape index (κ3) is 3.57. The van der Waals surface area contributed by atoms with Gasteiger partial charge < -0.3 is 0 Å². The molecule has 6 rings (SSSR count). The number of fused-ring (bicyclic) bond motifs is 3. The second kappa shape index (κ2) is 8.81. The van der Waals surface area contributed by atoms with Crippen molar-refractivity contribution in [2.75, 3.05) is 0 Å². The van der Waals surface area contributed by atoms with Crippen molar-refractivity contribution in [2.24, 2.45) is 0 Å². The number of hydrogen-bond donors (Lipinski definition) is 0. The van der Waals surface area contributed by atoms with Crippen molar-refractivity contribution < 1.29 is 4.79 Å². The standard InChI is InChI=1S/C31H38O/c32-29-18-10-9-17-25(29)31-28-19-23-15-7-8-16-24(23)27(28)20-26(21-11-3-1-4-12-21)30(31)22-13-5-2-6-14-22/h7-8,15-16,20-22,25H,1-6,9-14,17-19H2. The predicted octanol–water partition coefficient (Wildman–Crippen LogP) is 8.58. The van der Waals surface area contributed by atoms with Crippen LogP contribution in [-0.4, -0.2) is 5.78 Å². The van der Waals surface area contributed by atoms with E-state index in [0.29, 0.717) is 17.6 Å². The van der Waals surface area contributed by atoms with E-state index in [0.717, 1.165) is 25.7 Å². The normalized spacial score (nSPS) is 24.4. The van der Waals surface area contributed by atoms with Gasteiger partial charge >= 0.3 is 0 Å². The number of ketones is 1. The van der Waals surface area contributed by atoms with Gasteiger partial charge in [-0.3, -0.25) is 4.79 Å². The van der Waals surface area contributed by atoms with Crippen molar-refractivity contribution in [1.82, 2.24) is 0 Å². The Morgan fingerprint density at radius 1 is 0.656 bits per heavy atom. The SMILES string of the molecule is O=C1CCCCC1c1c2c(cc(C3CCCCC3)c1C1CCCCC1)-c1ccccc1C2. The summed E-state index contributed by atoms with van der Waals surface area (Å²) >= 11 is 0. The van der Waals surface area contributed by atoms with Gasteiger partial charge in [-0.15, -0.1) is 0 Å². The molecule has 2 aromatic rings. The molecule has 1 unspecified atom stereocenters. The fourth-order valence-corrected chi connectivity index (χ4v) is 7.63. The number of hydrogen-bond acceptors (Lipinski definition) is 1. The molecule has 0 saturated heterocycles. The molecule has 0 amide bonds. The summed E-state index contributed by atoms with van der Waals surface area (Å²) < 4.78 is 0. The van der Waals surface area contributed by atoms with Crippen molar-refractivity contribution in [3.8, 4) is 11.1 Å². The number of carbonyl (C=O) groups excluding carboxylic acids is 1. The van der Waals surface area contributed by atoms with Crippen LogP contribution in [0.3, 0.4) is 0 Å². The Morgan fingerprint density at radius 3 is 2.09 bits per heavy atom. The molecule has 0 N–H and O–H groups in total. The van der Waals surface area contributed by atoms with Crippen LogP contribution in [0.2, 0.25) is 0 Å². The van der Waals surface area contributed by atoms with Crippen LogP contribution >= 0.6 is 0 Å². The summed E-state index contributed by atoms with van der Waals surface area (Å²) in [6.45, 7) is 0. The van der Waals surface area contributed by atoms with E-state index in [1.54, 1.807) is 11.1 Å². The summed E-state index contributed by atoms with van der Waals surface area (Å²) in [7, 11) is 0. The molecular formula is C31H38O. The van der Waals surface area contributed by atoms with Crippen LogP contribution in [0, 0.1) is 0 Å². The smallest absolute Gasteiger partial charge is 0.140 e. The monoisotopic (exact) mass is 426 g/mol. The second-order valence-electron chi connectivity index (χ2n) is 11.1. The number of Topliss-reactive ketones (excluding diaryl/α,β-unsaturated/α-hetero) is 1. The van der Waals surface area contributed by atoms with Crippen LogP contribution in [0.15, 0.2) is 30.3 Å². The maximum atomic E-state index is 13.4. The molecule has 4 aliphatic carbocycles. The van der Waals surface area contributed by atoms with Gasteiger partial charge in [-0.2, -0.15) is 0 Å². The fourth-order valence-electron chi connectivity index (χ4n) is 7.63. The molecular weight excluding hydrogens is 388 g/mol. The number of carbonyl (C=O) groups is 1. The van der Waals surface area contributed by atoms with Crippen LogP contribution in [0.25, 0.3) is 11.1 Å². The van der Waals surface area contributed by atoms with E-state index in [9.17, 15) is 4.79 Å². The van der Waals surface area contributed by atoms with Crippen LogP contribution in [0.1, 0.15) is 135 Å². The molecule has 168 valence electrons. The van der Waals surface area contributed by atoms with E-state index in [4.69, 9.17) is 0 Å². The molecule has 4 aliphatic rings. The zero-order chi connectivity index (χ0) is 21.5. The Bertz CT molecular complexity index is 1000. The Balaban J connectivity index is 1.59. The van der Waals surface area contributed by atoms with E-state index < -0.39 is 0 Å². The van der Waals surface area contributed by atoms with Crippen molar-refractivity contribution >= 4 is 5.78 Å². The van der Waals surface area contributed by atoms with Gasteiger partial charge in [0.15, 0.2) is 0 Å². The lowest BCUT2D eigenvalue weighted by Gasteiger charge is -2.36. The summed E-state index contributed by atoms with van der Waals surface area (Å²) in [4.78, 5) is 13.4. The van der Waals surface area contributed by atoms with Gasteiger partial charge in [0.1, 0.15) is 5.78 Å².